The van der Waals surface area contributed by atoms with Crippen LogP contribution in [-0.4, -0.2) is 21.4 Å². The molecule has 0 aliphatic heterocycles. The number of allylic oxidation sites excluding steroid dienone is 4. The highest BCUT2D eigenvalue weighted by atomic mass is 16.4. The van der Waals surface area contributed by atoms with Crippen LogP contribution in [0.5, 0.6) is 0 Å². The maximum Gasteiger partial charge on any atom is 0.303 e. The van der Waals surface area contributed by atoms with E-state index >= 15 is 0 Å². The minimum absolute atomic E-state index is 0.0308. The van der Waals surface area contributed by atoms with Crippen molar-refractivity contribution in [3.63, 3.8) is 0 Å². The highest BCUT2D eigenvalue weighted by molar-refractivity contribution is 5.94. The van der Waals surface area contributed by atoms with Crippen LogP contribution in [0, 0.1) is 0 Å². The molecule has 128 valence electrons. The van der Waals surface area contributed by atoms with Crippen LogP contribution in [0.25, 0.3) is 11.3 Å². The van der Waals surface area contributed by atoms with Crippen LogP contribution in [0.4, 0.5) is 0 Å². The first-order chi connectivity index (χ1) is 12.1. The summed E-state index contributed by atoms with van der Waals surface area (Å²) in [5, 5.41) is 9.02. The fourth-order valence-electron chi connectivity index (χ4n) is 3.09. The Labute approximate surface area is 147 Å². The van der Waals surface area contributed by atoms with Gasteiger partial charge in [0.25, 0.3) is 0 Å². The molecule has 2 aromatic rings. The Morgan fingerprint density at radius 3 is 2.44 bits per heavy atom. The van der Waals surface area contributed by atoms with Gasteiger partial charge in [0.1, 0.15) is 0 Å². The molecule has 1 aliphatic rings. The van der Waals surface area contributed by atoms with Crippen molar-refractivity contribution in [2.24, 2.45) is 0 Å². The molecule has 0 radical (unpaired) electrons. The topological polar surface area (TPSA) is 59.3 Å². The first kappa shape index (κ1) is 17.0. The molecule has 4 nitrogen and oxygen atoms in total. The third-order valence-electron chi connectivity index (χ3n) is 4.38. The van der Waals surface area contributed by atoms with Crippen LogP contribution in [0.3, 0.4) is 0 Å². The second-order valence-electron chi connectivity index (χ2n) is 6.18. The lowest BCUT2D eigenvalue weighted by molar-refractivity contribution is -0.136. The third-order valence-corrected chi connectivity index (χ3v) is 4.38. The summed E-state index contributed by atoms with van der Waals surface area (Å²) in [4.78, 5) is 22.5. The number of ketones is 1. The number of carboxylic acids is 1. The Morgan fingerprint density at radius 1 is 1.08 bits per heavy atom. The average Bonchev–Trinajstić information content (AvgIpc) is 3.04. The summed E-state index contributed by atoms with van der Waals surface area (Å²) in [5.41, 5.74) is 4.75. The van der Waals surface area contributed by atoms with Crippen LogP contribution < -0.4 is 0 Å². The smallest absolute Gasteiger partial charge is 0.303 e. The van der Waals surface area contributed by atoms with Crippen molar-refractivity contribution >= 4 is 17.3 Å². The molecule has 0 unspecified atom stereocenters. The summed E-state index contributed by atoms with van der Waals surface area (Å²) in [7, 11) is 0. The molecule has 1 heterocycles. The maximum absolute atomic E-state index is 11.5. The summed E-state index contributed by atoms with van der Waals surface area (Å²) < 4.78 is 2.09. The van der Waals surface area contributed by atoms with Gasteiger partial charge >= 0.3 is 5.97 Å². The molecular weight excluding hydrogens is 314 g/mol. The number of carbonyl (C=O) groups excluding carboxylic acids is 1. The number of aliphatic carboxylic acids is 1. The van der Waals surface area contributed by atoms with E-state index in [1.54, 1.807) is 6.92 Å². The van der Waals surface area contributed by atoms with E-state index < -0.39 is 5.97 Å². The zero-order valence-electron chi connectivity index (χ0n) is 14.2. The van der Waals surface area contributed by atoms with Crippen LogP contribution >= 0.6 is 0 Å². The Kier molecular flexibility index (Phi) is 4.98. The van der Waals surface area contributed by atoms with E-state index in [-0.39, 0.29) is 12.2 Å². The summed E-state index contributed by atoms with van der Waals surface area (Å²) >= 11 is 0. The zero-order chi connectivity index (χ0) is 17.8. The zero-order valence-corrected chi connectivity index (χ0v) is 14.2. The minimum atomic E-state index is -0.807. The van der Waals surface area contributed by atoms with Crippen molar-refractivity contribution < 1.29 is 14.7 Å². The lowest BCUT2D eigenvalue weighted by Gasteiger charge is -2.16. The van der Waals surface area contributed by atoms with Crippen LogP contribution in [0.1, 0.15) is 47.9 Å². The van der Waals surface area contributed by atoms with Crippen LogP contribution in [0.15, 0.2) is 54.6 Å². The fraction of sp³-hybridized carbons (Fsp3) is 0.238. The molecule has 1 aromatic carbocycles. The lowest BCUT2D eigenvalue weighted by Crippen LogP contribution is -2.07. The molecule has 3 rings (SSSR count). The fourth-order valence-corrected chi connectivity index (χ4v) is 3.09. The van der Waals surface area contributed by atoms with E-state index in [2.05, 4.69) is 22.8 Å². The van der Waals surface area contributed by atoms with E-state index in [0.717, 1.165) is 35.5 Å². The minimum Gasteiger partial charge on any atom is -0.481 e. The Hall–Kier alpha value is -2.88. The molecule has 25 heavy (non-hydrogen) atoms. The molecular formula is C21H21NO3. The molecule has 0 atom stereocenters. The monoisotopic (exact) mass is 335 g/mol. The number of hydrogen-bond acceptors (Lipinski definition) is 2. The molecule has 4 heteroatoms. The van der Waals surface area contributed by atoms with Crippen LogP contribution in [0.2, 0.25) is 0 Å². The second-order valence-corrected chi connectivity index (χ2v) is 6.18. The Morgan fingerprint density at radius 2 is 1.84 bits per heavy atom. The lowest BCUT2D eigenvalue weighted by atomic mass is 10.0. The van der Waals surface area contributed by atoms with Crippen molar-refractivity contribution in [3.05, 3.63) is 71.6 Å². The predicted molar refractivity (Wildman–Crippen MR) is 98.1 cm³/mol. The number of benzene rings is 1. The first-order valence-corrected chi connectivity index (χ1v) is 8.47. The van der Waals surface area contributed by atoms with Crippen LogP contribution in [-0.2, 0) is 11.2 Å². The van der Waals surface area contributed by atoms with Crippen molar-refractivity contribution in [2.45, 2.75) is 32.6 Å². The standard InChI is InChI=1S/C21H21NO3/c1-15(23)16-7-9-18(10-8-16)22-19(12-14-21(24)25)11-13-20(22)17-5-3-2-4-6-17/h3,5-11,13H,2,4,12,14H2,1H3,(H,24,25). The quantitative estimate of drug-likeness (QED) is 0.794. The van der Waals surface area contributed by atoms with E-state index in [1.165, 1.54) is 0 Å². The van der Waals surface area contributed by atoms with E-state index in [4.69, 9.17) is 5.11 Å². The second kappa shape index (κ2) is 7.34. The van der Waals surface area contributed by atoms with Gasteiger partial charge in [-0.2, -0.15) is 0 Å². The maximum atomic E-state index is 11.5. The molecule has 0 spiro atoms. The summed E-state index contributed by atoms with van der Waals surface area (Å²) in [6, 6.07) is 11.5. The number of nitrogens with zero attached hydrogens (tertiary/aromatic N) is 1. The van der Waals surface area contributed by atoms with Gasteiger partial charge in [-0.1, -0.05) is 18.2 Å². The molecule has 0 saturated heterocycles. The number of aryl methyl sites for hydroxylation is 1. The average molecular weight is 335 g/mol. The predicted octanol–water partition coefficient (Wildman–Crippen LogP) is 4.43. The molecule has 1 aromatic heterocycles. The number of hydrogen-bond donors (Lipinski definition) is 1. The van der Waals surface area contributed by atoms with Gasteiger partial charge < -0.3 is 9.67 Å². The van der Waals surface area contributed by atoms with Gasteiger partial charge in [-0.3, -0.25) is 9.59 Å². The molecule has 1 aliphatic carbocycles. The largest absolute Gasteiger partial charge is 0.481 e. The molecule has 0 amide bonds. The summed E-state index contributed by atoms with van der Waals surface area (Å²) in [5.74, 6) is -0.777. The van der Waals surface area contributed by atoms with Gasteiger partial charge in [-0.15, -0.1) is 0 Å². The van der Waals surface area contributed by atoms with Crippen molar-refractivity contribution in [1.29, 1.82) is 0 Å². The molecule has 1 N–H and O–H groups in total. The number of rotatable bonds is 6. The molecule has 0 fully saturated rings. The van der Waals surface area contributed by atoms with Crippen molar-refractivity contribution in [1.82, 2.24) is 4.57 Å². The molecule has 0 saturated carbocycles. The van der Waals surface area contributed by atoms with Gasteiger partial charge in [-0.05, 0) is 68.2 Å². The summed E-state index contributed by atoms with van der Waals surface area (Å²) in [6.45, 7) is 1.55. The normalized spacial score (nSPS) is 13.6. The number of carboxylic acid groups (broad SMARTS) is 1. The highest BCUT2D eigenvalue weighted by Crippen LogP contribution is 2.28. The first-order valence-electron chi connectivity index (χ1n) is 8.47. The van der Waals surface area contributed by atoms with Gasteiger partial charge in [0.05, 0.1) is 12.1 Å². The summed E-state index contributed by atoms with van der Waals surface area (Å²) in [6.07, 6.45) is 9.07. The number of Topliss-reactive ketones (excluding diaryl/α,β-unsaturated/α-hetero) is 1. The van der Waals surface area contributed by atoms with Crippen molar-refractivity contribution in [3.8, 4) is 5.69 Å². The highest BCUT2D eigenvalue weighted by Gasteiger charge is 2.14. The van der Waals surface area contributed by atoms with Gasteiger partial charge in [-0.25, -0.2) is 0 Å². The van der Waals surface area contributed by atoms with E-state index in [1.807, 2.05) is 36.4 Å². The Bertz CT molecular complexity index is 854. The van der Waals surface area contributed by atoms with Gasteiger partial charge in [0.2, 0.25) is 0 Å². The Balaban J connectivity index is 2.05. The van der Waals surface area contributed by atoms with E-state index in [0.29, 0.717) is 12.0 Å². The number of carbonyl (C=O) groups is 2. The van der Waals surface area contributed by atoms with E-state index in [9.17, 15) is 9.59 Å². The van der Waals surface area contributed by atoms with Gasteiger partial charge in [0.15, 0.2) is 5.78 Å². The molecule has 0 bridgehead atoms. The third kappa shape index (κ3) is 3.79. The number of aromatic nitrogens is 1. The SMILES string of the molecule is CC(=O)c1ccc(-n2c(CCC(=O)O)ccc2C2=CCCC=C2)cc1. The van der Waals surface area contributed by atoms with Gasteiger partial charge in [0, 0.05) is 16.9 Å². The van der Waals surface area contributed by atoms with Crippen molar-refractivity contribution in [2.75, 3.05) is 0 Å².